The summed E-state index contributed by atoms with van der Waals surface area (Å²) < 4.78 is 20.5. The lowest BCUT2D eigenvalue weighted by Gasteiger charge is -2.15. The summed E-state index contributed by atoms with van der Waals surface area (Å²) in [7, 11) is 2.97. The smallest absolute Gasteiger partial charge is 0.344 e. The maximum atomic E-state index is 12.2. The van der Waals surface area contributed by atoms with Gasteiger partial charge in [-0.3, -0.25) is 14.9 Å². The number of hydrogen-bond acceptors (Lipinski definition) is 8. The lowest BCUT2D eigenvalue weighted by Crippen LogP contribution is -2.31. The summed E-state index contributed by atoms with van der Waals surface area (Å²) in [5, 5.41) is 13.2. The Bertz CT molecular complexity index is 882. The number of carbonyl (C=O) groups is 2. The van der Waals surface area contributed by atoms with Crippen molar-refractivity contribution in [1.29, 1.82) is 0 Å². The van der Waals surface area contributed by atoms with Crippen LogP contribution in [0.4, 0.5) is 11.4 Å². The molecule has 0 unspecified atom stereocenters. The van der Waals surface area contributed by atoms with E-state index in [4.69, 9.17) is 18.9 Å². The summed E-state index contributed by atoms with van der Waals surface area (Å²) in [6.45, 7) is 0.964. The molecule has 0 spiro atoms. The average molecular weight is 404 g/mol. The number of nitrogens with one attached hydrogen (secondary N) is 1. The lowest BCUT2D eigenvalue weighted by atomic mass is 10.2. The SMILES string of the molecule is COc1ccc(NC(=O)[C@H](C)OC(=O)COc2ccc([N+](=O)[O-])cc2)cc1OC. The summed E-state index contributed by atoms with van der Waals surface area (Å²) in [6, 6.07) is 10.0. The first kappa shape index (κ1) is 21.5. The number of amides is 1. The zero-order valence-corrected chi connectivity index (χ0v) is 16.0. The summed E-state index contributed by atoms with van der Waals surface area (Å²) >= 11 is 0. The predicted octanol–water partition coefficient (Wildman–Crippen LogP) is 2.56. The van der Waals surface area contributed by atoms with Crippen LogP contribution < -0.4 is 19.5 Å². The molecule has 1 atom stereocenters. The van der Waals surface area contributed by atoms with Gasteiger partial charge in [0.05, 0.1) is 19.1 Å². The Hall–Kier alpha value is -3.82. The van der Waals surface area contributed by atoms with Gasteiger partial charge >= 0.3 is 5.97 Å². The molecule has 10 nitrogen and oxygen atoms in total. The second kappa shape index (κ2) is 9.93. The fourth-order valence-electron chi connectivity index (χ4n) is 2.25. The predicted molar refractivity (Wildman–Crippen MR) is 102 cm³/mol. The minimum absolute atomic E-state index is 0.0969. The fourth-order valence-corrected chi connectivity index (χ4v) is 2.25. The van der Waals surface area contributed by atoms with Crippen molar-refractivity contribution < 1.29 is 33.5 Å². The van der Waals surface area contributed by atoms with Crippen LogP contribution in [0.3, 0.4) is 0 Å². The third kappa shape index (κ3) is 6.09. The number of esters is 1. The van der Waals surface area contributed by atoms with Crippen molar-refractivity contribution in [3.05, 3.63) is 52.6 Å². The third-order valence-electron chi connectivity index (χ3n) is 3.73. The van der Waals surface area contributed by atoms with E-state index in [1.165, 1.54) is 45.4 Å². The molecule has 1 amide bonds. The van der Waals surface area contributed by atoms with Gasteiger partial charge in [0.1, 0.15) is 5.75 Å². The van der Waals surface area contributed by atoms with Crippen molar-refractivity contribution >= 4 is 23.3 Å². The standard InChI is InChI=1S/C19H20N2O8/c1-12(19(23)20-13-4-9-16(26-2)17(10-13)27-3)29-18(22)11-28-15-7-5-14(6-8-15)21(24)25/h4-10,12H,11H2,1-3H3,(H,20,23)/t12-/m0/s1. The van der Waals surface area contributed by atoms with Gasteiger partial charge in [0, 0.05) is 23.9 Å². The maximum Gasteiger partial charge on any atom is 0.344 e. The van der Waals surface area contributed by atoms with Crippen LogP contribution in [-0.4, -0.2) is 43.7 Å². The Morgan fingerprint density at radius 2 is 1.72 bits per heavy atom. The summed E-state index contributed by atoms with van der Waals surface area (Å²) in [5.74, 6) is -0.103. The van der Waals surface area contributed by atoms with Gasteiger partial charge in [-0.15, -0.1) is 0 Å². The van der Waals surface area contributed by atoms with Crippen LogP contribution in [0.2, 0.25) is 0 Å². The zero-order valence-electron chi connectivity index (χ0n) is 16.0. The topological polar surface area (TPSA) is 126 Å². The van der Waals surface area contributed by atoms with Gasteiger partial charge in [-0.05, 0) is 31.2 Å². The molecular weight excluding hydrogens is 384 g/mol. The van der Waals surface area contributed by atoms with Gasteiger partial charge in [-0.1, -0.05) is 0 Å². The quantitative estimate of drug-likeness (QED) is 0.384. The molecule has 0 aliphatic carbocycles. The molecule has 2 aromatic carbocycles. The Morgan fingerprint density at radius 3 is 2.31 bits per heavy atom. The number of rotatable bonds is 9. The van der Waals surface area contributed by atoms with E-state index in [1.807, 2.05) is 0 Å². The summed E-state index contributed by atoms with van der Waals surface area (Å²) in [5.41, 5.74) is 0.345. The molecule has 2 rings (SSSR count). The van der Waals surface area contributed by atoms with Crippen LogP contribution in [-0.2, 0) is 14.3 Å². The minimum atomic E-state index is -1.07. The number of nitro groups is 1. The molecule has 0 heterocycles. The largest absolute Gasteiger partial charge is 0.493 e. The van der Waals surface area contributed by atoms with Crippen LogP contribution in [0.25, 0.3) is 0 Å². The van der Waals surface area contributed by atoms with Crippen molar-refractivity contribution in [2.45, 2.75) is 13.0 Å². The molecule has 0 radical (unpaired) electrons. The van der Waals surface area contributed by atoms with Crippen molar-refractivity contribution in [2.24, 2.45) is 0 Å². The summed E-state index contributed by atoms with van der Waals surface area (Å²) in [4.78, 5) is 34.1. The van der Waals surface area contributed by atoms with Crippen molar-refractivity contribution in [2.75, 3.05) is 26.1 Å². The number of nitro benzene ring substituents is 1. The van der Waals surface area contributed by atoms with Gasteiger partial charge in [-0.2, -0.15) is 0 Å². The van der Waals surface area contributed by atoms with Gasteiger partial charge in [0.15, 0.2) is 24.2 Å². The normalized spacial score (nSPS) is 11.1. The maximum absolute atomic E-state index is 12.2. The number of anilines is 1. The molecule has 0 saturated heterocycles. The average Bonchev–Trinajstić information content (AvgIpc) is 2.72. The second-order valence-corrected chi connectivity index (χ2v) is 5.73. The molecule has 0 aliphatic rings. The molecule has 10 heteroatoms. The first-order valence-corrected chi connectivity index (χ1v) is 8.43. The number of hydrogen-bond donors (Lipinski definition) is 1. The highest BCUT2D eigenvalue weighted by Crippen LogP contribution is 2.29. The first-order chi connectivity index (χ1) is 13.8. The van der Waals surface area contributed by atoms with Crippen LogP contribution in [0.15, 0.2) is 42.5 Å². The van der Waals surface area contributed by atoms with Gasteiger partial charge in [0.2, 0.25) is 0 Å². The molecule has 0 aromatic heterocycles. The zero-order chi connectivity index (χ0) is 21.4. The van der Waals surface area contributed by atoms with Crippen LogP contribution in [0, 0.1) is 10.1 Å². The first-order valence-electron chi connectivity index (χ1n) is 8.43. The number of benzene rings is 2. The molecule has 1 N–H and O–H groups in total. The van der Waals surface area contributed by atoms with E-state index < -0.39 is 29.5 Å². The van der Waals surface area contributed by atoms with Crippen LogP contribution in [0.1, 0.15) is 6.92 Å². The minimum Gasteiger partial charge on any atom is -0.493 e. The molecule has 0 fully saturated rings. The van der Waals surface area contributed by atoms with E-state index >= 15 is 0 Å². The van der Waals surface area contributed by atoms with Crippen molar-refractivity contribution in [1.82, 2.24) is 0 Å². The van der Waals surface area contributed by atoms with E-state index in [0.29, 0.717) is 17.2 Å². The van der Waals surface area contributed by atoms with E-state index in [-0.39, 0.29) is 11.4 Å². The number of ether oxygens (including phenoxy) is 4. The Morgan fingerprint density at radius 1 is 1.07 bits per heavy atom. The molecule has 0 bridgehead atoms. The molecule has 0 saturated carbocycles. The third-order valence-corrected chi connectivity index (χ3v) is 3.73. The summed E-state index contributed by atoms with van der Waals surface area (Å²) in [6.07, 6.45) is -1.07. The van der Waals surface area contributed by atoms with Gasteiger partial charge in [0.25, 0.3) is 11.6 Å². The van der Waals surface area contributed by atoms with Crippen molar-refractivity contribution in [3.63, 3.8) is 0 Å². The number of non-ortho nitro benzene ring substituents is 1. The van der Waals surface area contributed by atoms with E-state index in [9.17, 15) is 19.7 Å². The number of nitrogens with zero attached hydrogens (tertiary/aromatic N) is 1. The Kier molecular flexibility index (Phi) is 7.35. The highest BCUT2D eigenvalue weighted by atomic mass is 16.6. The van der Waals surface area contributed by atoms with E-state index in [1.54, 1.807) is 18.2 Å². The molecule has 2 aromatic rings. The molecular formula is C19H20N2O8. The Labute approximate surface area is 166 Å². The van der Waals surface area contributed by atoms with E-state index in [0.717, 1.165) is 0 Å². The molecule has 29 heavy (non-hydrogen) atoms. The lowest BCUT2D eigenvalue weighted by molar-refractivity contribution is -0.384. The van der Waals surface area contributed by atoms with E-state index in [2.05, 4.69) is 5.32 Å². The van der Waals surface area contributed by atoms with Crippen LogP contribution >= 0.6 is 0 Å². The highest BCUT2D eigenvalue weighted by Gasteiger charge is 2.19. The van der Waals surface area contributed by atoms with Crippen molar-refractivity contribution in [3.8, 4) is 17.2 Å². The fraction of sp³-hybridized carbons (Fsp3) is 0.263. The van der Waals surface area contributed by atoms with Crippen LogP contribution in [0.5, 0.6) is 17.2 Å². The number of methoxy groups -OCH3 is 2. The monoisotopic (exact) mass is 404 g/mol. The molecule has 0 aliphatic heterocycles. The highest BCUT2D eigenvalue weighted by molar-refractivity contribution is 5.95. The number of carbonyl (C=O) groups excluding carboxylic acids is 2. The Balaban J connectivity index is 1.85. The van der Waals surface area contributed by atoms with Gasteiger partial charge < -0.3 is 24.3 Å². The van der Waals surface area contributed by atoms with Gasteiger partial charge in [-0.25, -0.2) is 4.79 Å². The second-order valence-electron chi connectivity index (χ2n) is 5.73. The molecule has 154 valence electrons.